The minimum Gasteiger partial charge on any atom is -0.455 e. The number of para-hydroxylation sites is 1. The second-order valence-corrected chi connectivity index (χ2v) is 9.51. The number of fused-ring (bicyclic) bond motifs is 5. The van der Waals surface area contributed by atoms with E-state index in [4.69, 9.17) is 9.40 Å². The number of nitrogens with zero attached hydrogens (tertiary/aromatic N) is 2. The third-order valence-electron chi connectivity index (χ3n) is 5.71. The van der Waals surface area contributed by atoms with E-state index < -0.39 is 0 Å². The van der Waals surface area contributed by atoms with Crippen LogP contribution in [0.4, 0.5) is 0 Å². The second-order valence-electron chi connectivity index (χ2n) is 9.51. The molecule has 2 aromatic carbocycles. The molecule has 3 heterocycles. The third kappa shape index (κ3) is 3.15. The zero-order chi connectivity index (χ0) is 21.0. The standard InChI is InChI=1S/C27H26N2O/c1-16-14-29-24(12-19(16)13-27(3,4)5)22-8-6-7-20-21-10-9-18-11-17(2)28-15-23(18)26(21)30-25(20)22/h6-12,14-15H,13H2,1-5H3. The highest BCUT2D eigenvalue weighted by Gasteiger charge is 2.18. The molecule has 0 unspecified atom stereocenters. The highest BCUT2D eigenvalue weighted by atomic mass is 16.3. The van der Waals surface area contributed by atoms with Crippen molar-refractivity contribution >= 4 is 32.7 Å². The van der Waals surface area contributed by atoms with Gasteiger partial charge in [0.1, 0.15) is 11.2 Å². The Morgan fingerprint density at radius 2 is 1.63 bits per heavy atom. The van der Waals surface area contributed by atoms with E-state index in [-0.39, 0.29) is 5.41 Å². The zero-order valence-corrected chi connectivity index (χ0v) is 18.2. The number of aryl methyl sites for hydroxylation is 2. The van der Waals surface area contributed by atoms with Crippen molar-refractivity contribution < 1.29 is 4.42 Å². The quantitative estimate of drug-likeness (QED) is 0.313. The lowest BCUT2D eigenvalue weighted by atomic mass is 9.86. The van der Waals surface area contributed by atoms with Crippen molar-refractivity contribution in [2.75, 3.05) is 0 Å². The van der Waals surface area contributed by atoms with Gasteiger partial charge in [-0.1, -0.05) is 39.0 Å². The fourth-order valence-electron chi connectivity index (χ4n) is 4.26. The summed E-state index contributed by atoms with van der Waals surface area (Å²) in [5.41, 5.74) is 7.58. The Bertz CT molecular complexity index is 1420. The van der Waals surface area contributed by atoms with Gasteiger partial charge in [-0.25, -0.2) is 0 Å². The van der Waals surface area contributed by atoms with Gasteiger partial charge in [0.2, 0.25) is 0 Å². The Morgan fingerprint density at radius 3 is 2.43 bits per heavy atom. The molecule has 0 aliphatic carbocycles. The van der Waals surface area contributed by atoms with E-state index in [2.05, 4.69) is 75.1 Å². The van der Waals surface area contributed by atoms with Gasteiger partial charge >= 0.3 is 0 Å². The SMILES string of the molecule is Cc1cc2ccc3c4cccc(-c5cc(CC(C)(C)C)c(C)cn5)c4oc3c2cn1. The Labute approximate surface area is 176 Å². The van der Waals surface area contributed by atoms with E-state index in [0.29, 0.717) is 0 Å². The first-order chi connectivity index (χ1) is 14.3. The molecule has 5 rings (SSSR count). The minimum atomic E-state index is 0.221. The number of furan rings is 1. The van der Waals surface area contributed by atoms with Crippen molar-refractivity contribution in [1.82, 2.24) is 9.97 Å². The van der Waals surface area contributed by atoms with Crippen molar-refractivity contribution in [2.45, 2.75) is 41.0 Å². The van der Waals surface area contributed by atoms with Gasteiger partial charge in [-0.15, -0.1) is 0 Å². The van der Waals surface area contributed by atoms with Gasteiger partial charge in [0.25, 0.3) is 0 Å². The monoisotopic (exact) mass is 394 g/mol. The molecule has 150 valence electrons. The minimum absolute atomic E-state index is 0.221. The van der Waals surface area contributed by atoms with Crippen LogP contribution in [-0.4, -0.2) is 9.97 Å². The molecule has 0 amide bonds. The molecule has 0 fully saturated rings. The van der Waals surface area contributed by atoms with E-state index in [1.807, 2.05) is 19.3 Å². The van der Waals surface area contributed by atoms with Crippen molar-refractivity contribution in [3.05, 3.63) is 71.7 Å². The lowest BCUT2D eigenvalue weighted by Crippen LogP contribution is -2.10. The summed E-state index contributed by atoms with van der Waals surface area (Å²) in [5, 5.41) is 4.43. The normalized spacial score (nSPS) is 12.3. The van der Waals surface area contributed by atoms with Crippen LogP contribution in [0, 0.1) is 19.3 Å². The van der Waals surface area contributed by atoms with E-state index in [0.717, 1.165) is 56.1 Å². The lowest BCUT2D eigenvalue weighted by molar-refractivity contribution is 0.410. The summed E-state index contributed by atoms with van der Waals surface area (Å²) in [4.78, 5) is 9.25. The molecular formula is C27H26N2O. The van der Waals surface area contributed by atoms with Gasteiger partial charge in [-0.2, -0.15) is 0 Å². The lowest BCUT2D eigenvalue weighted by Gasteiger charge is -2.20. The maximum Gasteiger partial charge on any atom is 0.144 e. The number of benzene rings is 2. The van der Waals surface area contributed by atoms with Crippen molar-refractivity contribution in [3.63, 3.8) is 0 Å². The molecule has 0 spiro atoms. The first-order valence-corrected chi connectivity index (χ1v) is 10.5. The van der Waals surface area contributed by atoms with E-state index in [1.165, 1.54) is 11.1 Å². The van der Waals surface area contributed by atoms with E-state index in [9.17, 15) is 0 Å². The average Bonchev–Trinajstić information content (AvgIpc) is 3.07. The Balaban J connectivity index is 1.75. The van der Waals surface area contributed by atoms with Gasteiger partial charge in [0.15, 0.2) is 0 Å². The van der Waals surface area contributed by atoms with Crippen LogP contribution in [0.2, 0.25) is 0 Å². The summed E-state index contributed by atoms with van der Waals surface area (Å²) in [7, 11) is 0. The third-order valence-corrected chi connectivity index (χ3v) is 5.71. The summed E-state index contributed by atoms with van der Waals surface area (Å²) in [5.74, 6) is 0. The molecule has 0 saturated heterocycles. The maximum atomic E-state index is 6.48. The van der Waals surface area contributed by atoms with Crippen molar-refractivity contribution in [3.8, 4) is 11.3 Å². The molecular weight excluding hydrogens is 368 g/mol. The zero-order valence-electron chi connectivity index (χ0n) is 18.2. The highest BCUT2D eigenvalue weighted by molar-refractivity contribution is 6.16. The molecule has 0 N–H and O–H groups in total. The molecule has 0 aliphatic heterocycles. The Hall–Kier alpha value is -3.20. The molecule has 0 aliphatic rings. The van der Waals surface area contributed by atoms with E-state index in [1.54, 1.807) is 0 Å². The van der Waals surface area contributed by atoms with Crippen LogP contribution < -0.4 is 0 Å². The van der Waals surface area contributed by atoms with Gasteiger partial charge < -0.3 is 4.42 Å². The molecule has 0 radical (unpaired) electrons. The summed E-state index contributed by atoms with van der Waals surface area (Å²) < 4.78 is 6.48. The van der Waals surface area contributed by atoms with Crippen LogP contribution >= 0.6 is 0 Å². The predicted molar refractivity (Wildman–Crippen MR) is 125 cm³/mol. The fourth-order valence-corrected chi connectivity index (χ4v) is 4.26. The van der Waals surface area contributed by atoms with E-state index >= 15 is 0 Å². The van der Waals surface area contributed by atoms with Gasteiger partial charge in [0.05, 0.1) is 5.69 Å². The molecule has 3 nitrogen and oxygen atoms in total. The molecule has 0 bridgehead atoms. The number of hydrogen-bond donors (Lipinski definition) is 0. The molecule has 0 atom stereocenters. The van der Waals surface area contributed by atoms with Gasteiger partial charge in [-0.3, -0.25) is 9.97 Å². The second kappa shape index (κ2) is 6.66. The predicted octanol–water partition coefficient (Wildman–Crippen LogP) is 7.40. The molecule has 3 aromatic heterocycles. The number of pyridine rings is 2. The van der Waals surface area contributed by atoms with Gasteiger partial charge in [0, 0.05) is 39.8 Å². The van der Waals surface area contributed by atoms with Crippen LogP contribution in [0.5, 0.6) is 0 Å². The number of hydrogen-bond acceptors (Lipinski definition) is 3. The molecule has 30 heavy (non-hydrogen) atoms. The maximum absolute atomic E-state index is 6.48. The Kier molecular flexibility index (Phi) is 4.18. The molecule has 3 heteroatoms. The van der Waals surface area contributed by atoms with Crippen LogP contribution in [0.15, 0.2) is 59.3 Å². The largest absolute Gasteiger partial charge is 0.455 e. The topological polar surface area (TPSA) is 38.9 Å². The molecule has 5 aromatic rings. The van der Waals surface area contributed by atoms with Crippen LogP contribution in [0.25, 0.3) is 44.0 Å². The van der Waals surface area contributed by atoms with Gasteiger partial charge in [-0.05, 0) is 66.5 Å². The van der Waals surface area contributed by atoms with Crippen molar-refractivity contribution in [1.29, 1.82) is 0 Å². The average molecular weight is 395 g/mol. The van der Waals surface area contributed by atoms with Crippen LogP contribution in [0.3, 0.4) is 0 Å². The summed E-state index contributed by atoms with van der Waals surface area (Å²) >= 11 is 0. The fraction of sp³-hybridized carbons (Fsp3) is 0.259. The van der Waals surface area contributed by atoms with Crippen LogP contribution in [-0.2, 0) is 6.42 Å². The van der Waals surface area contributed by atoms with Crippen LogP contribution in [0.1, 0.15) is 37.6 Å². The Morgan fingerprint density at radius 1 is 0.833 bits per heavy atom. The summed E-state index contributed by atoms with van der Waals surface area (Å²) in [6.07, 6.45) is 4.92. The summed E-state index contributed by atoms with van der Waals surface area (Å²) in [6.45, 7) is 11.0. The first-order valence-electron chi connectivity index (χ1n) is 10.5. The smallest absolute Gasteiger partial charge is 0.144 e. The van der Waals surface area contributed by atoms with Crippen molar-refractivity contribution in [2.24, 2.45) is 5.41 Å². The highest BCUT2D eigenvalue weighted by Crippen LogP contribution is 2.38. The summed E-state index contributed by atoms with van der Waals surface area (Å²) in [6, 6.07) is 15.0. The first kappa shape index (κ1) is 18.8. The number of aromatic nitrogens is 2. The number of rotatable bonds is 2. The molecule has 0 saturated carbocycles.